The third-order valence-electron chi connectivity index (χ3n) is 4.71. The maximum atomic E-state index is 7.07. The molecule has 0 radical (unpaired) electrons. The molecule has 2 rings (SSSR count). The minimum atomic E-state index is -2.05. The molecular formula is C16H22Cl2Si. The zero-order chi connectivity index (χ0) is 14.6. The van der Waals surface area contributed by atoms with Crippen LogP contribution in [0.5, 0.6) is 0 Å². The average molecular weight is 313 g/mol. The second-order valence-electron chi connectivity index (χ2n) is 6.48. The molecule has 0 aromatic rings. The summed E-state index contributed by atoms with van der Waals surface area (Å²) in [5.41, 5.74) is 4.95. The third kappa shape index (κ3) is 1.93. The molecule has 3 heteroatoms. The van der Waals surface area contributed by atoms with Crippen molar-refractivity contribution in [1.29, 1.82) is 0 Å². The number of alkyl halides is 2. The Morgan fingerprint density at radius 3 is 1.32 bits per heavy atom. The van der Waals surface area contributed by atoms with E-state index in [-0.39, 0.29) is 0 Å². The lowest BCUT2D eigenvalue weighted by molar-refractivity contribution is 0.977. The van der Waals surface area contributed by atoms with Crippen molar-refractivity contribution in [3.63, 3.8) is 0 Å². The summed E-state index contributed by atoms with van der Waals surface area (Å²) in [6, 6.07) is 0. The first-order valence-corrected chi connectivity index (χ1v) is 10.4. The summed E-state index contributed by atoms with van der Waals surface area (Å²) in [4.78, 5) is 0. The highest BCUT2D eigenvalue weighted by molar-refractivity contribution is 6.97. The number of rotatable bonds is 2. The molecule has 0 amide bonds. The summed E-state index contributed by atoms with van der Waals surface area (Å²) in [5, 5.41) is 0. The van der Waals surface area contributed by atoms with Gasteiger partial charge in [-0.3, -0.25) is 0 Å². The zero-order valence-corrected chi connectivity index (χ0v) is 15.1. The Balaban J connectivity index is 2.57. The third-order valence-corrected chi connectivity index (χ3v) is 13.1. The molecule has 2 aliphatic carbocycles. The Labute approximate surface area is 127 Å². The molecule has 0 saturated carbocycles. The highest BCUT2D eigenvalue weighted by atomic mass is 35.5. The molecule has 104 valence electrons. The van der Waals surface area contributed by atoms with Crippen LogP contribution in [0, 0.1) is 0 Å². The topological polar surface area (TPSA) is 0 Å². The number of halogens is 2. The SMILES string of the molecule is CC1=CC(Cl)([Si](C)(C)C2(Cl)C=C(C)C=C2C)C(C)=C1. The predicted molar refractivity (Wildman–Crippen MR) is 89.7 cm³/mol. The van der Waals surface area contributed by atoms with E-state index in [0.717, 1.165) is 0 Å². The summed E-state index contributed by atoms with van der Waals surface area (Å²) in [7, 11) is -2.05. The Hall–Kier alpha value is -0.243. The van der Waals surface area contributed by atoms with Gasteiger partial charge in [0, 0.05) is 0 Å². The van der Waals surface area contributed by atoms with E-state index in [1.165, 1.54) is 22.3 Å². The van der Waals surface area contributed by atoms with E-state index >= 15 is 0 Å². The number of hydrogen-bond acceptors (Lipinski definition) is 0. The first-order chi connectivity index (χ1) is 8.54. The fourth-order valence-electron chi connectivity index (χ4n) is 3.44. The summed E-state index contributed by atoms with van der Waals surface area (Å²) in [6.07, 6.45) is 8.78. The van der Waals surface area contributed by atoms with Crippen LogP contribution >= 0.6 is 23.2 Å². The van der Waals surface area contributed by atoms with Crippen molar-refractivity contribution in [2.45, 2.75) is 49.8 Å². The molecule has 0 aromatic carbocycles. The minimum Gasteiger partial charge on any atom is -0.114 e. The molecule has 0 heterocycles. The number of hydrogen-bond donors (Lipinski definition) is 0. The fourth-order valence-corrected chi connectivity index (χ4v) is 8.76. The molecule has 0 aromatic heterocycles. The highest BCUT2D eigenvalue weighted by Crippen LogP contribution is 2.53. The van der Waals surface area contributed by atoms with Crippen LogP contribution in [0.2, 0.25) is 13.1 Å². The van der Waals surface area contributed by atoms with Crippen LogP contribution in [-0.4, -0.2) is 17.1 Å². The van der Waals surface area contributed by atoms with Crippen molar-refractivity contribution in [1.82, 2.24) is 0 Å². The van der Waals surface area contributed by atoms with Crippen molar-refractivity contribution in [3.05, 3.63) is 46.6 Å². The Kier molecular flexibility index (Phi) is 3.49. The normalized spacial score (nSPS) is 34.9. The monoisotopic (exact) mass is 312 g/mol. The molecule has 0 N–H and O–H groups in total. The maximum absolute atomic E-state index is 7.07. The van der Waals surface area contributed by atoms with Crippen LogP contribution in [0.15, 0.2) is 46.6 Å². The van der Waals surface area contributed by atoms with E-state index in [1.54, 1.807) is 0 Å². The zero-order valence-electron chi connectivity index (χ0n) is 12.6. The predicted octanol–water partition coefficient (Wildman–Crippen LogP) is 5.54. The summed E-state index contributed by atoms with van der Waals surface area (Å²) in [5.74, 6) is 0. The quantitative estimate of drug-likeness (QED) is 0.464. The smallest absolute Gasteiger partial charge is 0.114 e. The molecule has 0 aliphatic heterocycles. The van der Waals surface area contributed by atoms with Crippen LogP contribution in [0.4, 0.5) is 0 Å². The van der Waals surface area contributed by atoms with Crippen molar-refractivity contribution in [2.24, 2.45) is 0 Å². The molecule has 0 bridgehead atoms. The molecule has 0 nitrogen and oxygen atoms in total. The summed E-state index contributed by atoms with van der Waals surface area (Å²) in [6.45, 7) is 13.1. The molecule has 2 atom stereocenters. The van der Waals surface area contributed by atoms with Gasteiger partial charge in [-0.15, -0.1) is 23.2 Å². The van der Waals surface area contributed by atoms with Gasteiger partial charge in [-0.1, -0.05) is 59.7 Å². The molecule has 19 heavy (non-hydrogen) atoms. The van der Waals surface area contributed by atoms with Crippen LogP contribution in [-0.2, 0) is 0 Å². The van der Waals surface area contributed by atoms with Crippen LogP contribution in [0.25, 0.3) is 0 Å². The van der Waals surface area contributed by atoms with Gasteiger partial charge in [0.15, 0.2) is 0 Å². The van der Waals surface area contributed by atoms with Crippen LogP contribution < -0.4 is 0 Å². The lowest BCUT2D eigenvalue weighted by Gasteiger charge is -2.47. The first kappa shape index (κ1) is 15.2. The first-order valence-electron chi connectivity index (χ1n) is 6.69. The average Bonchev–Trinajstić information content (AvgIpc) is 2.67. The lowest BCUT2D eigenvalue weighted by atomic mass is 10.2. The van der Waals surface area contributed by atoms with Gasteiger partial charge < -0.3 is 0 Å². The Morgan fingerprint density at radius 1 is 0.789 bits per heavy atom. The van der Waals surface area contributed by atoms with Crippen molar-refractivity contribution >= 4 is 31.3 Å². The molecular weight excluding hydrogens is 291 g/mol. The molecule has 0 fully saturated rings. The van der Waals surface area contributed by atoms with Gasteiger partial charge in [0.1, 0.15) is 8.07 Å². The van der Waals surface area contributed by atoms with Gasteiger partial charge >= 0.3 is 0 Å². The van der Waals surface area contributed by atoms with E-state index in [0.29, 0.717) is 0 Å². The fraction of sp³-hybridized carbons (Fsp3) is 0.500. The Morgan fingerprint density at radius 2 is 1.11 bits per heavy atom. The van der Waals surface area contributed by atoms with Crippen LogP contribution in [0.3, 0.4) is 0 Å². The number of allylic oxidation sites excluding steroid dienone is 8. The van der Waals surface area contributed by atoms with Gasteiger partial charge in [-0.05, 0) is 27.7 Å². The standard InChI is InChI=1S/C16H22Cl2Si/c1-11-7-13(3)15(17,9-11)19(5,6)16(18)10-12(2)8-14(16)4/h7-10H,1-6H3. The van der Waals surface area contributed by atoms with Gasteiger partial charge in [0.2, 0.25) is 0 Å². The maximum Gasteiger partial charge on any atom is 0.115 e. The van der Waals surface area contributed by atoms with E-state index in [9.17, 15) is 0 Å². The molecule has 0 spiro atoms. The van der Waals surface area contributed by atoms with Gasteiger partial charge in [0.25, 0.3) is 0 Å². The van der Waals surface area contributed by atoms with Crippen LogP contribution in [0.1, 0.15) is 27.7 Å². The molecule has 0 saturated heterocycles. The van der Waals surface area contributed by atoms with E-state index < -0.39 is 17.1 Å². The van der Waals surface area contributed by atoms with E-state index in [4.69, 9.17) is 23.2 Å². The summed E-state index contributed by atoms with van der Waals surface area (Å²) < 4.78 is -0.788. The second-order valence-corrected chi connectivity index (χ2v) is 13.1. The summed E-state index contributed by atoms with van der Waals surface area (Å²) >= 11 is 14.1. The van der Waals surface area contributed by atoms with Gasteiger partial charge in [0.05, 0.1) is 8.99 Å². The minimum absolute atomic E-state index is 0.394. The Bertz CT molecular complexity index is 503. The van der Waals surface area contributed by atoms with Gasteiger partial charge in [-0.25, -0.2) is 0 Å². The van der Waals surface area contributed by atoms with E-state index in [2.05, 4.69) is 65.1 Å². The lowest BCUT2D eigenvalue weighted by Crippen LogP contribution is -2.62. The molecule has 2 unspecified atom stereocenters. The highest BCUT2D eigenvalue weighted by Gasteiger charge is 2.59. The van der Waals surface area contributed by atoms with Crippen molar-refractivity contribution in [2.75, 3.05) is 0 Å². The molecule has 2 aliphatic rings. The second kappa shape index (κ2) is 4.38. The van der Waals surface area contributed by atoms with Crippen molar-refractivity contribution in [3.8, 4) is 0 Å². The van der Waals surface area contributed by atoms with E-state index in [1.807, 2.05) is 0 Å². The largest absolute Gasteiger partial charge is 0.115 e. The van der Waals surface area contributed by atoms with Crippen molar-refractivity contribution < 1.29 is 0 Å². The van der Waals surface area contributed by atoms with Gasteiger partial charge in [-0.2, -0.15) is 0 Å².